The molecule has 3 aromatic carbocycles. The predicted molar refractivity (Wildman–Crippen MR) is 140 cm³/mol. The molecule has 5 N–H and O–H groups in total. The highest BCUT2D eigenvalue weighted by Crippen LogP contribution is 2.58. The lowest BCUT2D eigenvalue weighted by Gasteiger charge is -2.37. The monoisotopic (exact) mass is 536 g/mol. The average molecular weight is 536 g/mol. The molecule has 2 amide bonds. The van der Waals surface area contributed by atoms with E-state index in [1.165, 1.54) is 6.07 Å². The zero-order valence-electron chi connectivity index (χ0n) is 20.9. The number of aromatic hydroxyl groups is 1. The number of hydrogen-bond donors (Lipinski definition) is 4. The molecular formula is C28H22N4O7. The maximum atomic E-state index is 13.4. The van der Waals surface area contributed by atoms with Crippen molar-refractivity contribution in [1.82, 2.24) is 14.5 Å². The Morgan fingerprint density at radius 1 is 1.10 bits per heavy atom. The summed E-state index contributed by atoms with van der Waals surface area (Å²) in [6.45, 7) is 3.31. The predicted octanol–water partition coefficient (Wildman–Crippen LogP) is 2.97. The van der Waals surface area contributed by atoms with Crippen molar-refractivity contribution in [2.75, 3.05) is 12.3 Å². The molecule has 0 spiro atoms. The summed E-state index contributed by atoms with van der Waals surface area (Å²) < 4.78 is 15.5. The van der Waals surface area contributed by atoms with Crippen molar-refractivity contribution in [1.29, 1.82) is 0 Å². The molecule has 2 aromatic heterocycles. The number of aliphatic hydroxyl groups is 1. The number of nitrogens with two attached hydrogens (primary N) is 1. The van der Waals surface area contributed by atoms with Gasteiger partial charge in [-0.2, -0.15) is 0 Å². The first kappa shape index (κ1) is 22.4. The van der Waals surface area contributed by atoms with Crippen LogP contribution in [-0.4, -0.2) is 49.3 Å². The van der Waals surface area contributed by atoms with Gasteiger partial charge in [0.1, 0.15) is 12.0 Å². The van der Waals surface area contributed by atoms with Crippen molar-refractivity contribution < 1.29 is 34.1 Å². The van der Waals surface area contributed by atoms with Crippen LogP contribution in [-0.2, 0) is 20.0 Å². The number of imide groups is 1. The highest BCUT2D eigenvalue weighted by molar-refractivity contribution is 6.40. The van der Waals surface area contributed by atoms with Crippen LogP contribution in [0.3, 0.4) is 0 Å². The van der Waals surface area contributed by atoms with Crippen LogP contribution < -0.4 is 11.1 Å². The number of hydrogen-bond acceptors (Lipinski definition) is 8. The number of ether oxygens (including phenoxy) is 2. The van der Waals surface area contributed by atoms with E-state index in [1.807, 2.05) is 28.8 Å². The lowest BCUT2D eigenvalue weighted by molar-refractivity contribution is -0.204. The van der Waals surface area contributed by atoms with Crippen molar-refractivity contribution >= 4 is 67.1 Å². The van der Waals surface area contributed by atoms with E-state index < -0.39 is 35.3 Å². The summed E-state index contributed by atoms with van der Waals surface area (Å²) in [7, 11) is 0. The first-order chi connectivity index (χ1) is 18.6. The van der Waals surface area contributed by atoms with E-state index in [4.69, 9.17) is 15.2 Å². The van der Waals surface area contributed by atoms with Gasteiger partial charge < -0.3 is 34.6 Å². The summed E-state index contributed by atoms with van der Waals surface area (Å²) in [6, 6.07) is 10.4. The number of fused-ring (bicyclic) bond motifs is 13. The molecule has 5 aromatic rings. The van der Waals surface area contributed by atoms with Gasteiger partial charge in [-0.1, -0.05) is 18.2 Å². The smallest absolute Gasteiger partial charge is 0.343 e. The molecule has 3 atom stereocenters. The van der Waals surface area contributed by atoms with Crippen molar-refractivity contribution in [2.45, 2.75) is 37.8 Å². The van der Waals surface area contributed by atoms with Crippen LogP contribution in [0.1, 0.15) is 47.2 Å². The average Bonchev–Trinajstić information content (AvgIpc) is 3.57. The van der Waals surface area contributed by atoms with Gasteiger partial charge in [-0.3, -0.25) is 14.9 Å². The van der Waals surface area contributed by atoms with Crippen LogP contribution in [0.15, 0.2) is 36.4 Å². The quantitative estimate of drug-likeness (QED) is 0.0882. The van der Waals surface area contributed by atoms with E-state index in [-0.39, 0.29) is 35.6 Å². The number of anilines is 1. The molecule has 11 nitrogen and oxygen atoms in total. The molecule has 11 heteroatoms. The minimum atomic E-state index is -2.13. The third-order valence-electron chi connectivity index (χ3n) is 8.65. The number of benzene rings is 3. The van der Waals surface area contributed by atoms with E-state index in [0.29, 0.717) is 43.6 Å². The molecule has 0 unspecified atom stereocenters. The van der Waals surface area contributed by atoms with E-state index in [9.17, 15) is 24.6 Å². The third-order valence-corrected chi connectivity index (χ3v) is 8.65. The summed E-state index contributed by atoms with van der Waals surface area (Å²) in [5, 5.41) is 27.1. The van der Waals surface area contributed by atoms with Gasteiger partial charge in [-0.05, 0) is 32.0 Å². The van der Waals surface area contributed by atoms with Crippen LogP contribution in [0.5, 0.6) is 5.75 Å². The third kappa shape index (κ3) is 2.23. The highest BCUT2D eigenvalue weighted by atomic mass is 16.8. The molecule has 0 radical (unpaired) electrons. The summed E-state index contributed by atoms with van der Waals surface area (Å²) in [4.78, 5) is 40.1. The number of phenolic OH excluding ortho intramolecular Hbond substituents is 1. The number of nitrogens with zero attached hydrogens (tertiary/aromatic N) is 2. The number of carbonyl (C=O) groups excluding carboxylic acids is 3. The number of aromatic nitrogens is 2. The fourth-order valence-electron chi connectivity index (χ4n) is 7.04. The Morgan fingerprint density at radius 2 is 1.82 bits per heavy atom. The van der Waals surface area contributed by atoms with E-state index in [1.54, 1.807) is 24.5 Å². The number of para-hydroxylation sites is 1. The van der Waals surface area contributed by atoms with Crippen molar-refractivity contribution in [3.05, 3.63) is 47.5 Å². The highest BCUT2D eigenvalue weighted by Gasteiger charge is 2.66. The molecule has 1 fully saturated rings. The molecule has 2 bridgehead atoms. The van der Waals surface area contributed by atoms with Crippen molar-refractivity contribution in [2.24, 2.45) is 0 Å². The first-order valence-electron chi connectivity index (χ1n) is 12.6. The summed E-state index contributed by atoms with van der Waals surface area (Å²) in [5.41, 5.74) is 5.07. The molecule has 5 heterocycles. The summed E-state index contributed by atoms with van der Waals surface area (Å²) in [5.74, 6) is -2.20. The second-order valence-corrected chi connectivity index (χ2v) is 10.4. The zero-order chi connectivity index (χ0) is 27.2. The molecule has 3 aliphatic rings. The van der Waals surface area contributed by atoms with Gasteiger partial charge in [0.05, 0.1) is 45.5 Å². The Bertz CT molecular complexity index is 2040. The van der Waals surface area contributed by atoms with Crippen molar-refractivity contribution in [3.8, 4) is 5.75 Å². The maximum absolute atomic E-state index is 13.4. The number of amides is 2. The van der Waals surface area contributed by atoms with Crippen LogP contribution in [0.4, 0.5) is 5.69 Å². The van der Waals surface area contributed by atoms with E-state index >= 15 is 0 Å². The van der Waals surface area contributed by atoms with E-state index in [0.717, 1.165) is 0 Å². The second-order valence-electron chi connectivity index (χ2n) is 10.4. The van der Waals surface area contributed by atoms with E-state index in [2.05, 4.69) is 5.32 Å². The Balaban J connectivity index is 1.73. The SMILES string of the molecule is CCO[13C](=O)[13C@]1(O)[13CH2][13C@H]2O[13C@]1([13CH3])n1c3ccc(O)c(N)c3[13c]3c4c([13c]5c6ccccc6n2[13c]5[13c]31)C(=O)NC4=O. The fraction of sp³-hybridized carbons (Fsp3) is 0.250. The van der Waals surface area contributed by atoms with Gasteiger partial charge in [0.2, 0.25) is 5.60 Å². The maximum Gasteiger partial charge on any atom is 0.343 e. The zero-order valence-corrected chi connectivity index (χ0v) is 20.9. The van der Waals surface area contributed by atoms with Crippen molar-refractivity contribution in [3.63, 3.8) is 0 Å². The Hall–Kier alpha value is -4.61. The molecule has 196 valence electrons. The second kappa shape index (κ2) is 6.68. The summed E-state index contributed by atoms with van der Waals surface area (Å²) in [6.07, 6.45) is -0.954. The number of rotatable bonds is 2. The largest absolute Gasteiger partial charge is 0.506 e. The molecule has 3 aliphatic heterocycles. The molecule has 8 rings (SSSR count). The van der Waals surface area contributed by atoms with Gasteiger partial charge in [0.25, 0.3) is 11.8 Å². The van der Waals surface area contributed by atoms with Crippen LogP contribution in [0, 0.1) is 0 Å². The molecule has 1 saturated heterocycles. The normalized spacial score (nSPS) is 25.3. The summed E-state index contributed by atoms with van der Waals surface area (Å²) >= 11 is 0. The topological polar surface area (TPSA) is 158 Å². The van der Waals surface area contributed by atoms with Gasteiger partial charge in [0, 0.05) is 28.0 Å². The molecule has 39 heavy (non-hydrogen) atoms. The number of carbonyl (C=O) groups is 3. The molecule has 0 saturated carbocycles. The molecular weight excluding hydrogens is 514 g/mol. The van der Waals surface area contributed by atoms with Gasteiger partial charge in [-0.15, -0.1) is 0 Å². The molecule has 0 aliphatic carbocycles. The fourth-order valence-corrected chi connectivity index (χ4v) is 7.04. The van der Waals surface area contributed by atoms with Gasteiger partial charge in [0.15, 0.2) is 5.72 Å². The van der Waals surface area contributed by atoms with Crippen LogP contribution in [0.25, 0.3) is 43.6 Å². The number of phenols is 1. The van der Waals surface area contributed by atoms with Gasteiger partial charge in [-0.25, -0.2) is 4.79 Å². The lowest BCUT2D eigenvalue weighted by Crippen LogP contribution is -2.56. The lowest BCUT2D eigenvalue weighted by atomic mass is 10.2. The van der Waals surface area contributed by atoms with Crippen LogP contribution in [0.2, 0.25) is 0 Å². The number of esters is 1. The van der Waals surface area contributed by atoms with Gasteiger partial charge >= 0.3 is 5.97 Å². The Morgan fingerprint density at radius 3 is 2.56 bits per heavy atom. The Labute approximate surface area is 219 Å². The Kier molecular flexibility index (Phi) is 3.84. The standard InChI is InChI=1S/C28H22N4O7/c1-3-38-26(36)28(37)10-15-31-12-7-5-4-6-11(12)16-19-20(25(35)30-24(19)34)18-17-13(8-9-14(33)21(17)29)32(23(18)22(16)31)27(28,2)39-15/h4-9,15,33,37H,3,10,29H2,1-2H3,(H,30,34,35)/t15-,27+,28-/m1/s1/i2+1,10+1,15+1,16+1,18+1,22+1,23+1,26+1,27+1,28+1. The minimum Gasteiger partial charge on any atom is -0.506 e. The number of nitrogen functional groups attached to an aromatic ring is 1. The first-order valence-corrected chi connectivity index (χ1v) is 12.6. The number of nitrogens with one attached hydrogen (secondary N) is 1. The minimum absolute atomic E-state index is 0.00833. The van der Waals surface area contributed by atoms with Crippen LogP contribution >= 0.6 is 0 Å².